The molecule has 0 spiro atoms. The van der Waals surface area contributed by atoms with Crippen LogP contribution in [-0.2, 0) is 14.3 Å². The van der Waals surface area contributed by atoms with Gasteiger partial charge in [-0.3, -0.25) is 14.4 Å². The Morgan fingerprint density at radius 3 is 2.47 bits per heavy atom. The summed E-state index contributed by atoms with van der Waals surface area (Å²) in [6.07, 6.45) is 2.37. The van der Waals surface area contributed by atoms with E-state index in [0.29, 0.717) is 17.7 Å². The molecule has 4 rings (SSSR count). The van der Waals surface area contributed by atoms with Crippen LogP contribution in [0.15, 0.2) is 18.2 Å². The number of piperazine rings is 1. The van der Waals surface area contributed by atoms with Crippen LogP contribution in [-0.4, -0.2) is 85.9 Å². The van der Waals surface area contributed by atoms with Crippen LogP contribution in [0.1, 0.15) is 68.8 Å². The molecule has 1 aromatic rings. The lowest BCUT2D eigenvalue weighted by Gasteiger charge is -2.39. The summed E-state index contributed by atoms with van der Waals surface area (Å²) in [6.45, 7) is 12.5. The third-order valence-electron chi connectivity index (χ3n) is 8.65. The van der Waals surface area contributed by atoms with Crippen molar-refractivity contribution in [2.45, 2.75) is 65.0 Å². The second kappa shape index (κ2) is 10.5. The number of fused-ring (bicyclic) bond motifs is 1. The summed E-state index contributed by atoms with van der Waals surface area (Å²) in [5.41, 5.74) is 7.43. The number of ether oxygens (including phenoxy) is 1. The van der Waals surface area contributed by atoms with Crippen LogP contribution in [0.2, 0.25) is 0 Å². The number of carbonyl (C=O) groups is 3. The van der Waals surface area contributed by atoms with Crippen molar-refractivity contribution in [2.24, 2.45) is 17.1 Å². The lowest BCUT2D eigenvalue weighted by atomic mass is 9.71. The first-order valence-corrected chi connectivity index (χ1v) is 13.4. The van der Waals surface area contributed by atoms with Crippen LogP contribution >= 0.6 is 0 Å². The van der Waals surface area contributed by atoms with Gasteiger partial charge in [-0.15, -0.1) is 0 Å². The summed E-state index contributed by atoms with van der Waals surface area (Å²) in [5, 5.41) is 0. The predicted molar refractivity (Wildman–Crippen MR) is 140 cm³/mol. The highest BCUT2D eigenvalue weighted by Gasteiger charge is 2.54. The summed E-state index contributed by atoms with van der Waals surface area (Å²) in [6, 6.07) is 5.16. The minimum atomic E-state index is -0.605. The fraction of sp³-hybridized carbons (Fsp3) is 0.679. The lowest BCUT2D eigenvalue weighted by Crippen LogP contribution is -2.47. The number of carbonyl (C=O) groups excluding carboxylic acids is 3. The zero-order chi connectivity index (χ0) is 26.2. The Balaban J connectivity index is 1.77. The molecule has 0 saturated carbocycles. The van der Waals surface area contributed by atoms with E-state index >= 15 is 0 Å². The Morgan fingerprint density at radius 1 is 1.17 bits per heavy atom. The largest absolute Gasteiger partial charge is 0.369 e. The molecule has 3 fully saturated rings. The summed E-state index contributed by atoms with van der Waals surface area (Å²) < 4.78 is 5.87. The van der Waals surface area contributed by atoms with Crippen molar-refractivity contribution in [3.05, 3.63) is 29.3 Å². The van der Waals surface area contributed by atoms with Crippen molar-refractivity contribution in [3.8, 4) is 0 Å². The van der Waals surface area contributed by atoms with Gasteiger partial charge in [-0.2, -0.15) is 0 Å². The molecule has 3 heterocycles. The van der Waals surface area contributed by atoms with Crippen molar-refractivity contribution in [1.82, 2.24) is 9.80 Å². The SMILES string of the molecule is CCC[C@@H]1CN(C(=O)[C@H](c2cc(N3CCN(C)CC3)ccc2C(N)=O)C(C)(C)CC)[C@@H]2C(=O)CO[C@H]12. The Hall–Kier alpha value is -2.45. The van der Waals surface area contributed by atoms with E-state index in [-0.39, 0.29) is 30.3 Å². The Labute approximate surface area is 215 Å². The number of primary amides is 1. The monoisotopic (exact) mass is 498 g/mol. The molecule has 2 amide bonds. The molecule has 0 bridgehead atoms. The fourth-order valence-electron chi connectivity index (χ4n) is 6.14. The third kappa shape index (κ3) is 4.90. The second-order valence-corrected chi connectivity index (χ2v) is 11.4. The number of hydrogen-bond acceptors (Lipinski definition) is 6. The first-order valence-electron chi connectivity index (χ1n) is 13.4. The van der Waals surface area contributed by atoms with Crippen LogP contribution in [0.5, 0.6) is 0 Å². The fourth-order valence-corrected chi connectivity index (χ4v) is 6.14. The molecular weight excluding hydrogens is 456 g/mol. The normalized spacial score (nSPS) is 25.8. The zero-order valence-corrected chi connectivity index (χ0v) is 22.5. The number of hydrogen-bond donors (Lipinski definition) is 1. The van der Waals surface area contributed by atoms with Gasteiger partial charge >= 0.3 is 0 Å². The van der Waals surface area contributed by atoms with Gasteiger partial charge < -0.3 is 25.2 Å². The standard InChI is InChI=1S/C28H42N4O4/c1-6-8-18-16-32(24-22(33)17-36-25(18)24)27(35)23(28(3,4)7-2)21-15-19(9-10-20(21)26(29)34)31-13-11-30(5)12-14-31/h9-10,15,18,23-25H,6-8,11-14,16-17H2,1-5H3,(H2,29,34)/t18-,23+,24-,25-/m1/s1. The van der Waals surface area contributed by atoms with Gasteiger partial charge in [0.15, 0.2) is 5.78 Å². The number of rotatable bonds is 8. The van der Waals surface area contributed by atoms with E-state index in [0.717, 1.165) is 51.1 Å². The van der Waals surface area contributed by atoms with Crippen LogP contribution in [0.4, 0.5) is 5.69 Å². The Kier molecular flexibility index (Phi) is 7.76. The van der Waals surface area contributed by atoms with Crippen LogP contribution in [0.3, 0.4) is 0 Å². The lowest BCUT2D eigenvalue weighted by molar-refractivity contribution is -0.140. The number of amides is 2. The molecule has 36 heavy (non-hydrogen) atoms. The molecular formula is C28H42N4O4. The number of likely N-dealkylation sites (tertiary alicyclic amines) is 1. The highest BCUT2D eigenvalue weighted by Crippen LogP contribution is 2.45. The highest BCUT2D eigenvalue weighted by atomic mass is 16.5. The number of benzene rings is 1. The topological polar surface area (TPSA) is 96.2 Å². The minimum absolute atomic E-state index is 0.0266. The summed E-state index contributed by atoms with van der Waals surface area (Å²) in [5.74, 6) is -1.13. The average molecular weight is 499 g/mol. The van der Waals surface area contributed by atoms with E-state index < -0.39 is 23.3 Å². The quantitative estimate of drug-likeness (QED) is 0.592. The first-order chi connectivity index (χ1) is 17.1. The molecule has 0 unspecified atom stereocenters. The van der Waals surface area contributed by atoms with Crippen molar-refractivity contribution < 1.29 is 19.1 Å². The van der Waals surface area contributed by atoms with Crippen LogP contribution in [0, 0.1) is 11.3 Å². The Bertz CT molecular complexity index is 1000. The van der Waals surface area contributed by atoms with Gasteiger partial charge in [0.05, 0.1) is 12.0 Å². The molecule has 8 heteroatoms. The molecule has 198 valence electrons. The number of likely N-dealkylation sites (N-methyl/N-ethyl adjacent to an activating group) is 1. The number of anilines is 1. The number of nitrogens with zero attached hydrogens (tertiary/aromatic N) is 3. The predicted octanol–water partition coefficient (Wildman–Crippen LogP) is 2.65. The smallest absolute Gasteiger partial charge is 0.249 e. The molecule has 1 aromatic carbocycles. The van der Waals surface area contributed by atoms with E-state index in [1.54, 1.807) is 11.0 Å². The second-order valence-electron chi connectivity index (χ2n) is 11.4. The van der Waals surface area contributed by atoms with Crippen molar-refractivity contribution in [3.63, 3.8) is 0 Å². The van der Waals surface area contributed by atoms with Crippen LogP contribution in [0.25, 0.3) is 0 Å². The first kappa shape index (κ1) is 26.6. The maximum Gasteiger partial charge on any atom is 0.249 e. The van der Waals surface area contributed by atoms with Gasteiger partial charge in [-0.1, -0.05) is 34.1 Å². The number of ketones is 1. The molecule has 4 atom stereocenters. The molecule has 0 aliphatic carbocycles. The summed E-state index contributed by atoms with van der Waals surface area (Å²) in [7, 11) is 2.11. The molecule has 3 saturated heterocycles. The molecule has 3 aliphatic rings. The van der Waals surface area contributed by atoms with E-state index in [1.165, 1.54) is 0 Å². The number of nitrogens with two attached hydrogens (primary N) is 1. The maximum absolute atomic E-state index is 14.4. The highest BCUT2D eigenvalue weighted by molar-refractivity contribution is 5.99. The van der Waals surface area contributed by atoms with Crippen molar-refractivity contribution in [1.29, 1.82) is 0 Å². The molecule has 0 aromatic heterocycles. The van der Waals surface area contributed by atoms with Crippen molar-refractivity contribution in [2.75, 3.05) is 51.3 Å². The average Bonchev–Trinajstić information content (AvgIpc) is 3.40. The van der Waals surface area contributed by atoms with Crippen molar-refractivity contribution >= 4 is 23.3 Å². The number of Topliss-reactive ketones (excluding diaryl/α,β-unsaturated/α-hetero) is 1. The molecule has 2 N–H and O–H groups in total. The Morgan fingerprint density at radius 2 is 1.86 bits per heavy atom. The summed E-state index contributed by atoms with van der Waals surface area (Å²) in [4.78, 5) is 46.2. The van der Waals surface area contributed by atoms with E-state index in [9.17, 15) is 14.4 Å². The molecule has 0 radical (unpaired) electrons. The van der Waals surface area contributed by atoms with Gasteiger partial charge in [-0.05, 0) is 49.1 Å². The zero-order valence-electron chi connectivity index (χ0n) is 22.5. The van der Waals surface area contributed by atoms with Gasteiger partial charge in [0.1, 0.15) is 12.6 Å². The maximum atomic E-state index is 14.4. The van der Waals surface area contributed by atoms with Gasteiger partial charge in [-0.25, -0.2) is 0 Å². The third-order valence-corrected chi connectivity index (χ3v) is 8.65. The van der Waals surface area contributed by atoms with Gasteiger partial charge in [0, 0.05) is 49.9 Å². The van der Waals surface area contributed by atoms with E-state index in [4.69, 9.17) is 10.5 Å². The molecule has 3 aliphatic heterocycles. The van der Waals surface area contributed by atoms with E-state index in [2.05, 4.69) is 44.5 Å². The summed E-state index contributed by atoms with van der Waals surface area (Å²) >= 11 is 0. The van der Waals surface area contributed by atoms with Crippen LogP contribution < -0.4 is 10.6 Å². The van der Waals surface area contributed by atoms with Gasteiger partial charge in [0.2, 0.25) is 11.8 Å². The van der Waals surface area contributed by atoms with E-state index in [1.807, 2.05) is 12.1 Å². The molecule has 8 nitrogen and oxygen atoms in total. The minimum Gasteiger partial charge on any atom is -0.369 e. The van der Waals surface area contributed by atoms with Gasteiger partial charge in [0.25, 0.3) is 0 Å².